The van der Waals surface area contributed by atoms with Gasteiger partial charge in [-0.3, -0.25) is 4.79 Å². The van der Waals surface area contributed by atoms with Crippen molar-refractivity contribution in [3.8, 4) is 17.2 Å². The number of fused-ring (bicyclic) bond motifs is 2. The third kappa shape index (κ3) is 2.30. The summed E-state index contributed by atoms with van der Waals surface area (Å²) in [7, 11) is 1.64. The first kappa shape index (κ1) is 14.0. The first-order valence-electron chi connectivity index (χ1n) is 7.31. The number of benzene rings is 1. The number of hydrogen-bond donors (Lipinski definition) is 1. The van der Waals surface area contributed by atoms with Crippen molar-refractivity contribution in [1.82, 2.24) is 0 Å². The molecule has 0 fully saturated rings. The Bertz CT molecular complexity index is 554. The van der Waals surface area contributed by atoms with Crippen LogP contribution in [0.1, 0.15) is 37.0 Å². The summed E-state index contributed by atoms with van der Waals surface area (Å²) >= 11 is 0. The molecule has 2 unspecified atom stereocenters. The molecule has 0 saturated heterocycles. The van der Waals surface area contributed by atoms with E-state index in [0.717, 1.165) is 46.8 Å². The summed E-state index contributed by atoms with van der Waals surface area (Å²) in [6.07, 6.45) is 2.26. The van der Waals surface area contributed by atoms with Gasteiger partial charge in [0.15, 0.2) is 11.5 Å². The van der Waals surface area contributed by atoms with Crippen LogP contribution in [-0.2, 0) is 24.1 Å². The van der Waals surface area contributed by atoms with Crippen LogP contribution in [0.25, 0.3) is 0 Å². The Morgan fingerprint density at radius 2 is 1.81 bits per heavy atom. The summed E-state index contributed by atoms with van der Waals surface area (Å²) in [6.45, 7) is 4.02. The minimum Gasteiger partial charge on any atom is -0.492 e. The number of carboxylic acid groups (broad SMARTS) is 1. The van der Waals surface area contributed by atoms with E-state index in [1.807, 2.05) is 13.8 Å². The smallest absolute Gasteiger partial charge is 0.303 e. The van der Waals surface area contributed by atoms with Crippen molar-refractivity contribution >= 4 is 5.97 Å². The van der Waals surface area contributed by atoms with Crippen LogP contribution >= 0.6 is 0 Å². The van der Waals surface area contributed by atoms with Gasteiger partial charge < -0.3 is 19.3 Å². The van der Waals surface area contributed by atoms with Gasteiger partial charge in [-0.05, 0) is 20.3 Å². The Morgan fingerprint density at radius 3 is 2.43 bits per heavy atom. The highest BCUT2D eigenvalue weighted by Gasteiger charge is 2.36. The summed E-state index contributed by atoms with van der Waals surface area (Å²) in [4.78, 5) is 10.9. The van der Waals surface area contributed by atoms with Gasteiger partial charge in [-0.1, -0.05) is 0 Å². The molecule has 1 aromatic rings. The SMILES string of the molecule is COc1c2c(c(CCC(=O)O)c3c1OC(C)C3)OC(C)C2. The summed E-state index contributed by atoms with van der Waals surface area (Å²) in [5.41, 5.74) is 3.04. The number of carbonyl (C=O) groups is 1. The average Bonchev–Trinajstić information content (AvgIpc) is 2.96. The van der Waals surface area contributed by atoms with E-state index in [0.29, 0.717) is 6.42 Å². The van der Waals surface area contributed by atoms with Gasteiger partial charge in [-0.2, -0.15) is 0 Å². The fraction of sp³-hybridized carbons (Fsp3) is 0.562. The number of methoxy groups -OCH3 is 1. The lowest BCUT2D eigenvalue weighted by molar-refractivity contribution is -0.136. The third-order valence-electron chi connectivity index (χ3n) is 4.08. The lowest BCUT2D eigenvalue weighted by atomic mass is 9.94. The van der Waals surface area contributed by atoms with Gasteiger partial charge in [-0.15, -0.1) is 0 Å². The zero-order chi connectivity index (χ0) is 15.1. The monoisotopic (exact) mass is 292 g/mol. The maximum atomic E-state index is 10.9. The van der Waals surface area contributed by atoms with Crippen LogP contribution in [0.15, 0.2) is 0 Å². The largest absolute Gasteiger partial charge is 0.492 e. The van der Waals surface area contributed by atoms with Crippen LogP contribution in [0, 0.1) is 0 Å². The van der Waals surface area contributed by atoms with E-state index in [1.54, 1.807) is 7.11 Å². The Morgan fingerprint density at radius 1 is 1.19 bits per heavy atom. The van der Waals surface area contributed by atoms with E-state index in [2.05, 4.69) is 0 Å². The molecule has 2 aliphatic rings. The molecule has 0 spiro atoms. The zero-order valence-electron chi connectivity index (χ0n) is 12.6. The standard InChI is InChI=1S/C16H20O5/c1-8-6-11-10(4-5-13(17)18)14-12(7-9(2)20-14)15(19-3)16(11)21-8/h8-9H,4-7H2,1-3H3,(H,17,18). The maximum absolute atomic E-state index is 10.9. The molecule has 0 aromatic heterocycles. The first-order valence-corrected chi connectivity index (χ1v) is 7.31. The summed E-state index contributed by atoms with van der Waals surface area (Å²) in [6, 6.07) is 0. The number of carboxylic acids is 1. The molecule has 0 saturated carbocycles. The van der Waals surface area contributed by atoms with E-state index < -0.39 is 5.97 Å². The minimum atomic E-state index is -0.800. The van der Waals surface area contributed by atoms with Crippen molar-refractivity contribution in [3.05, 3.63) is 16.7 Å². The molecule has 0 bridgehead atoms. The van der Waals surface area contributed by atoms with Crippen molar-refractivity contribution in [1.29, 1.82) is 0 Å². The van der Waals surface area contributed by atoms with E-state index >= 15 is 0 Å². The van der Waals surface area contributed by atoms with Crippen molar-refractivity contribution in [2.75, 3.05) is 7.11 Å². The molecule has 0 aliphatic carbocycles. The Hall–Kier alpha value is -1.91. The van der Waals surface area contributed by atoms with Crippen LogP contribution in [0.5, 0.6) is 17.2 Å². The average molecular weight is 292 g/mol. The number of ether oxygens (including phenoxy) is 3. The molecule has 2 heterocycles. The molecule has 3 rings (SSSR count). The first-order chi connectivity index (χ1) is 10.0. The molecule has 5 nitrogen and oxygen atoms in total. The molecular weight excluding hydrogens is 272 g/mol. The number of aliphatic carboxylic acids is 1. The lowest BCUT2D eigenvalue weighted by Gasteiger charge is -2.16. The summed E-state index contributed by atoms with van der Waals surface area (Å²) in [5, 5.41) is 8.98. The third-order valence-corrected chi connectivity index (χ3v) is 4.08. The summed E-state index contributed by atoms with van der Waals surface area (Å²) < 4.78 is 17.4. The molecule has 21 heavy (non-hydrogen) atoms. The minimum absolute atomic E-state index is 0.0810. The van der Waals surface area contributed by atoms with Crippen molar-refractivity contribution < 1.29 is 24.1 Å². The molecule has 2 atom stereocenters. The Kier molecular flexibility index (Phi) is 3.43. The normalized spacial score (nSPS) is 22.2. The van der Waals surface area contributed by atoms with Gasteiger partial charge in [0.25, 0.3) is 0 Å². The van der Waals surface area contributed by atoms with E-state index in [-0.39, 0.29) is 18.6 Å². The topological polar surface area (TPSA) is 65.0 Å². The highest BCUT2D eigenvalue weighted by atomic mass is 16.5. The van der Waals surface area contributed by atoms with Crippen molar-refractivity contribution in [3.63, 3.8) is 0 Å². The molecule has 1 aromatic carbocycles. The van der Waals surface area contributed by atoms with Crippen LogP contribution in [0.3, 0.4) is 0 Å². The van der Waals surface area contributed by atoms with Gasteiger partial charge in [-0.25, -0.2) is 0 Å². The lowest BCUT2D eigenvalue weighted by Crippen LogP contribution is -2.08. The van der Waals surface area contributed by atoms with Gasteiger partial charge in [0.2, 0.25) is 0 Å². The quantitative estimate of drug-likeness (QED) is 0.923. The van der Waals surface area contributed by atoms with Gasteiger partial charge in [0.1, 0.15) is 18.0 Å². The predicted molar refractivity (Wildman–Crippen MR) is 76.5 cm³/mol. The fourth-order valence-corrected chi connectivity index (χ4v) is 3.27. The van der Waals surface area contributed by atoms with Crippen LogP contribution in [0.4, 0.5) is 0 Å². The summed E-state index contributed by atoms with van der Waals surface area (Å²) in [5.74, 6) is 1.55. The van der Waals surface area contributed by atoms with Crippen molar-refractivity contribution in [2.24, 2.45) is 0 Å². The molecular formula is C16H20O5. The van der Waals surface area contributed by atoms with Crippen molar-refractivity contribution in [2.45, 2.75) is 51.7 Å². The van der Waals surface area contributed by atoms with E-state index in [4.69, 9.17) is 19.3 Å². The maximum Gasteiger partial charge on any atom is 0.303 e. The van der Waals surface area contributed by atoms with E-state index in [9.17, 15) is 4.79 Å². The molecule has 0 amide bonds. The zero-order valence-corrected chi connectivity index (χ0v) is 12.6. The van der Waals surface area contributed by atoms with Gasteiger partial charge in [0, 0.05) is 36.0 Å². The molecule has 5 heteroatoms. The Labute approximate surface area is 123 Å². The molecule has 1 N–H and O–H groups in total. The van der Waals surface area contributed by atoms with E-state index in [1.165, 1.54) is 0 Å². The number of rotatable bonds is 4. The molecule has 0 radical (unpaired) electrons. The van der Waals surface area contributed by atoms with Crippen LogP contribution in [0.2, 0.25) is 0 Å². The molecule has 2 aliphatic heterocycles. The second kappa shape index (κ2) is 5.13. The van der Waals surface area contributed by atoms with Crippen LogP contribution in [-0.4, -0.2) is 30.4 Å². The second-order valence-electron chi connectivity index (χ2n) is 5.79. The van der Waals surface area contributed by atoms with Gasteiger partial charge in [0.05, 0.1) is 7.11 Å². The molecule has 114 valence electrons. The Balaban J connectivity index is 2.13. The highest BCUT2D eigenvalue weighted by molar-refractivity contribution is 5.70. The van der Waals surface area contributed by atoms with Crippen LogP contribution < -0.4 is 14.2 Å². The number of hydrogen-bond acceptors (Lipinski definition) is 4. The van der Waals surface area contributed by atoms with Gasteiger partial charge >= 0.3 is 5.97 Å². The fourth-order valence-electron chi connectivity index (χ4n) is 3.27. The second-order valence-corrected chi connectivity index (χ2v) is 5.79. The predicted octanol–water partition coefficient (Wildman–Crippen LogP) is 2.36. The highest BCUT2D eigenvalue weighted by Crippen LogP contribution is 2.51.